The number of ether oxygens (including phenoxy) is 1. The fraction of sp³-hybridized carbons (Fsp3) is 0.357. The lowest BCUT2D eigenvalue weighted by molar-refractivity contribution is 0.317. The van der Waals surface area contributed by atoms with Crippen molar-refractivity contribution in [3.63, 3.8) is 0 Å². The smallest absolute Gasteiger partial charge is 0.152 e. The molecule has 0 atom stereocenters. The van der Waals surface area contributed by atoms with Gasteiger partial charge in [-0.3, -0.25) is 0 Å². The zero-order chi connectivity index (χ0) is 13.5. The molecule has 2 rings (SSSR count). The van der Waals surface area contributed by atoms with Crippen LogP contribution in [0.25, 0.3) is 11.3 Å². The van der Waals surface area contributed by atoms with Gasteiger partial charge < -0.3 is 10.5 Å². The van der Waals surface area contributed by atoms with Crippen LogP contribution in [-0.4, -0.2) is 28.3 Å². The molecule has 19 heavy (non-hydrogen) atoms. The zero-order valence-corrected chi connectivity index (χ0v) is 11.0. The third kappa shape index (κ3) is 3.72. The van der Waals surface area contributed by atoms with Crippen molar-refractivity contribution in [3.8, 4) is 17.0 Å². The lowest BCUT2D eigenvalue weighted by Gasteiger charge is -2.05. The first kappa shape index (κ1) is 13.4. The normalized spacial score (nSPS) is 10.4. The molecule has 0 aliphatic heterocycles. The van der Waals surface area contributed by atoms with Crippen molar-refractivity contribution in [1.29, 1.82) is 0 Å². The topological polar surface area (TPSA) is 73.9 Å². The van der Waals surface area contributed by atoms with Crippen molar-refractivity contribution in [2.75, 3.05) is 13.2 Å². The number of rotatable bonds is 6. The first-order valence-corrected chi connectivity index (χ1v) is 6.45. The van der Waals surface area contributed by atoms with E-state index < -0.39 is 0 Å². The molecule has 0 spiro atoms. The largest absolute Gasteiger partial charge is 0.494 e. The average molecular weight is 258 g/mol. The molecule has 1 aromatic carbocycles. The van der Waals surface area contributed by atoms with Crippen LogP contribution in [0.4, 0.5) is 0 Å². The van der Waals surface area contributed by atoms with Crippen molar-refractivity contribution >= 4 is 0 Å². The van der Waals surface area contributed by atoms with E-state index >= 15 is 0 Å². The summed E-state index contributed by atoms with van der Waals surface area (Å²) in [5.41, 5.74) is 7.17. The molecule has 5 nitrogen and oxygen atoms in total. The summed E-state index contributed by atoms with van der Waals surface area (Å²) in [5, 5.41) is 8.19. The van der Waals surface area contributed by atoms with Crippen LogP contribution in [-0.2, 0) is 6.42 Å². The maximum Gasteiger partial charge on any atom is 0.152 e. The van der Waals surface area contributed by atoms with Gasteiger partial charge in [-0.15, -0.1) is 10.2 Å². The molecule has 0 aliphatic rings. The fourth-order valence-electron chi connectivity index (χ4n) is 1.62. The summed E-state index contributed by atoms with van der Waals surface area (Å²) in [5.74, 6) is 1.54. The van der Waals surface area contributed by atoms with Crippen LogP contribution in [0.3, 0.4) is 0 Å². The van der Waals surface area contributed by atoms with Crippen LogP contribution in [0.15, 0.2) is 30.5 Å². The van der Waals surface area contributed by atoms with Crippen molar-refractivity contribution in [3.05, 3.63) is 36.3 Å². The first-order chi connectivity index (χ1) is 9.33. The van der Waals surface area contributed by atoms with Gasteiger partial charge in [0, 0.05) is 12.0 Å². The highest BCUT2D eigenvalue weighted by Gasteiger charge is 2.02. The number of nitrogens with zero attached hydrogens (tertiary/aromatic N) is 3. The number of aromatic nitrogens is 3. The summed E-state index contributed by atoms with van der Waals surface area (Å²) < 4.78 is 5.53. The Kier molecular flexibility index (Phi) is 4.80. The van der Waals surface area contributed by atoms with E-state index in [1.807, 2.05) is 24.3 Å². The highest BCUT2D eigenvalue weighted by molar-refractivity contribution is 5.58. The van der Waals surface area contributed by atoms with E-state index in [1.54, 1.807) is 6.20 Å². The van der Waals surface area contributed by atoms with E-state index in [9.17, 15) is 0 Å². The minimum Gasteiger partial charge on any atom is -0.494 e. The predicted molar refractivity (Wildman–Crippen MR) is 73.8 cm³/mol. The second-order valence-corrected chi connectivity index (χ2v) is 4.17. The second-order valence-electron chi connectivity index (χ2n) is 4.17. The molecule has 0 aliphatic carbocycles. The Bertz CT molecular complexity index is 496. The molecule has 0 unspecified atom stereocenters. The molecule has 0 bridgehead atoms. The minimum absolute atomic E-state index is 0.532. The number of benzene rings is 1. The molecular formula is C14H18N4O. The maximum atomic E-state index is 5.53. The van der Waals surface area contributed by atoms with Gasteiger partial charge >= 0.3 is 0 Å². The van der Waals surface area contributed by atoms with Gasteiger partial charge in [-0.05, 0) is 37.2 Å². The highest BCUT2D eigenvalue weighted by atomic mass is 16.5. The highest BCUT2D eigenvalue weighted by Crippen LogP contribution is 2.19. The lowest BCUT2D eigenvalue weighted by atomic mass is 10.1. The quantitative estimate of drug-likeness (QED) is 0.855. The summed E-state index contributed by atoms with van der Waals surface area (Å²) in [6.07, 6.45) is 3.37. The number of hydrogen-bond acceptors (Lipinski definition) is 5. The zero-order valence-electron chi connectivity index (χ0n) is 11.0. The van der Waals surface area contributed by atoms with Gasteiger partial charge in [0.1, 0.15) is 11.4 Å². The van der Waals surface area contributed by atoms with E-state index in [0.29, 0.717) is 18.8 Å². The van der Waals surface area contributed by atoms with Crippen LogP contribution in [0.1, 0.15) is 19.2 Å². The van der Waals surface area contributed by atoms with Crippen LogP contribution in [0.5, 0.6) is 5.75 Å². The fourth-order valence-corrected chi connectivity index (χ4v) is 1.62. The molecule has 0 saturated heterocycles. The third-order valence-electron chi connectivity index (χ3n) is 2.60. The summed E-state index contributed by atoms with van der Waals surface area (Å²) in [4.78, 5) is 4.23. The Balaban J connectivity index is 2.08. The summed E-state index contributed by atoms with van der Waals surface area (Å²) in [6, 6.07) is 7.78. The van der Waals surface area contributed by atoms with Crippen molar-refractivity contribution in [1.82, 2.24) is 15.2 Å². The standard InChI is InChI=1S/C14H18N4O/c1-2-9-19-12-5-3-11(4-6-12)13-10-16-14(7-8-15)18-17-13/h3-6,10H,2,7-9,15H2,1H3. The minimum atomic E-state index is 0.532. The first-order valence-electron chi connectivity index (χ1n) is 6.45. The Morgan fingerprint density at radius 1 is 1.16 bits per heavy atom. The van der Waals surface area contributed by atoms with E-state index in [1.165, 1.54) is 0 Å². The van der Waals surface area contributed by atoms with Gasteiger partial charge in [-0.2, -0.15) is 0 Å². The maximum absolute atomic E-state index is 5.53. The number of hydrogen-bond donors (Lipinski definition) is 1. The Morgan fingerprint density at radius 2 is 1.95 bits per heavy atom. The molecule has 2 aromatic rings. The lowest BCUT2D eigenvalue weighted by Crippen LogP contribution is -2.07. The summed E-state index contributed by atoms with van der Waals surface area (Å²) in [6.45, 7) is 3.34. The molecule has 1 aromatic heterocycles. The number of nitrogens with two attached hydrogens (primary N) is 1. The molecule has 100 valence electrons. The van der Waals surface area contributed by atoms with Gasteiger partial charge in [0.2, 0.25) is 0 Å². The second kappa shape index (κ2) is 6.80. The molecule has 5 heteroatoms. The van der Waals surface area contributed by atoms with Gasteiger partial charge in [-0.25, -0.2) is 4.98 Å². The average Bonchev–Trinajstić information content (AvgIpc) is 2.47. The molecule has 0 fully saturated rings. The van der Waals surface area contributed by atoms with E-state index in [4.69, 9.17) is 10.5 Å². The Morgan fingerprint density at radius 3 is 2.53 bits per heavy atom. The van der Waals surface area contributed by atoms with Crippen LogP contribution in [0, 0.1) is 0 Å². The third-order valence-corrected chi connectivity index (χ3v) is 2.60. The molecule has 2 N–H and O–H groups in total. The summed E-state index contributed by atoms with van der Waals surface area (Å²) in [7, 11) is 0. The van der Waals surface area contributed by atoms with E-state index in [2.05, 4.69) is 22.1 Å². The van der Waals surface area contributed by atoms with E-state index in [-0.39, 0.29) is 0 Å². The summed E-state index contributed by atoms with van der Waals surface area (Å²) >= 11 is 0. The molecular weight excluding hydrogens is 240 g/mol. The predicted octanol–water partition coefficient (Wildman–Crippen LogP) is 1.83. The van der Waals surface area contributed by atoms with Gasteiger partial charge in [0.05, 0.1) is 12.8 Å². The molecule has 1 heterocycles. The van der Waals surface area contributed by atoms with Gasteiger partial charge in [0.15, 0.2) is 5.82 Å². The molecule has 0 amide bonds. The Labute approximate surface area is 112 Å². The Hall–Kier alpha value is -2.01. The van der Waals surface area contributed by atoms with Gasteiger partial charge in [0.25, 0.3) is 0 Å². The van der Waals surface area contributed by atoms with Gasteiger partial charge in [-0.1, -0.05) is 6.92 Å². The SMILES string of the molecule is CCCOc1ccc(-c2cnc(CCN)nn2)cc1. The van der Waals surface area contributed by atoms with Crippen molar-refractivity contribution in [2.45, 2.75) is 19.8 Å². The van der Waals surface area contributed by atoms with Crippen LogP contribution in [0.2, 0.25) is 0 Å². The van der Waals surface area contributed by atoms with E-state index in [0.717, 1.165) is 30.0 Å². The van der Waals surface area contributed by atoms with Crippen molar-refractivity contribution < 1.29 is 4.74 Å². The van der Waals surface area contributed by atoms with Crippen LogP contribution >= 0.6 is 0 Å². The van der Waals surface area contributed by atoms with Crippen LogP contribution < -0.4 is 10.5 Å². The van der Waals surface area contributed by atoms with Crippen molar-refractivity contribution in [2.24, 2.45) is 5.73 Å². The monoisotopic (exact) mass is 258 g/mol. The molecule has 0 radical (unpaired) electrons. The molecule has 0 saturated carbocycles.